The Kier molecular flexibility index (Phi) is 11.3. The van der Waals surface area contributed by atoms with E-state index in [1.54, 1.807) is 5.19 Å². The van der Waals surface area contributed by atoms with Crippen LogP contribution in [-0.2, 0) is 21.7 Å². The van der Waals surface area contributed by atoms with Crippen LogP contribution in [0.3, 0.4) is 0 Å². The molecule has 1 rings (SSSR count). The Morgan fingerprint density at radius 3 is 1.42 bits per heavy atom. The molecular weight excluding hydrogens is 243 g/mol. The van der Waals surface area contributed by atoms with Crippen molar-refractivity contribution >= 4 is 13.3 Å². The molecule has 1 aromatic carbocycles. The quantitative estimate of drug-likeness (QED) is 0.354. The molecule has 4 heteroatoms. The van der Waals surface area contributed by atoms with E-state index in [-0.39, 0.29) is 46.5 Å². The standard InChI is InChI=1S/C8H13Si.2ClH.Ti/c1-9(2,3)8-6-4-5-7-8;;;/h4-7H,1-3H3;2*1H;/q-1;;;+3/p-2. The smallest absolute Gasteiger partial charge is 1.00 e. The minimum absolute atomic E-state index is 0. The maximum Gasteiger partial charge on any atom is 3.00 e. The molecular formula is C8H13Cl2SiTi. The van der Waals surface area contributed by atoms with Crippen molar-refractivity contribution in [1.29, 1.82) is 0 Å². The van der Waals surface area contributed by atoms with E-state index >= 15 is 0 Å². The van der Waals surface area contributed by atoms with E-state index in [0.29, 0.717) is 0 Å². The van der Waals surface area contributed by atoms with Crippen molar-refractivity contribution in [1.82, 2.24) is 0 Å². The van der Waals surface area contributed by atoms with E-state index in [2.05, 4.69) is 43.9 Å². The van der Waals surface area contributed by atoms with Crippen molar-refractivity contribution in [3.63, 3.8) is 0 Å². The monoisotopic (exact) mass is 255 g/mol. The molecule has 0 aliphatic rings. The molecule has 12 heavy (non-hydrogen) atoms. The molecule has 1 radical (unpaired) electrons. The molecule has 0 aromatic heterocycles. The summed E-state index contributed by atoms with van der Waals surface area (Å²) in [4.78, 5) is 0. The Labute approximate surface area is 103 Å². The van der Waals surface area contributed by atoms with Crippen LogP contribution < -0.4 is 30.0 Å². The second-order valence-corrected chi connectivity index (χ2v) is 8.50. The Morgan fingerprint density at radius 1 is 0.917 bits per heavy atom. The summed E-state index contributed by atoms with van der Waals surface area (Å²) in [5.41, 5.74) is 0. The number of hydrogen-bond donors (Lipinski definition) is 0. The third-order valence-electron chi connectivity index (χ3n) is 1.53. The van der Waals surface area contributed by atoms with Crippen LogP contribution in [0, 0.1) is 0 Å². The van der Waals surface area contributed by atoms with Crippen LogP contribution >= 0.6 is 0 Å². The van der Waals surface area contributed by atoms with Crippen LogP contribution in [0.4, 0.5) is 0 Å². The van der Waals surface area contributed by atoms with Crippen LogP contribution in [0.15, 0.2) is 24.3 Å². The van der Waals surface area contributed by atoms with E-state index < -0.39 is 8.07 Å². The summed E-state index contributed by atoms with van der Waals surface area (Å²) in [6.45, 7) is 7.09. The topological polar surface area (TPSA) is 0 Å². The predicted molar refractivity (Wildman–Crippen MR) is 45.0 cm³/mol. The van der Waals surface area contributed by atoms with E-state index in [1.165, 1.54) is 0 Å². The van der Waals surface area contributed by atoms with E-state index in [1.807, 2.05) is 0 Å². The van der Waals surface area contributed by atoms with Gasteiger partial charge in [-0.25, -0.2) is 12.1 Å². The molecule has 67 valence electrons. The van der Waals surface area contributed by atoms with Gasteiger partial charge in [0.05, 0.1) is 0 Å². The number of halogens is 2. The molecule has 0 atom stereocenters. The van der Waals surface area contributed by atoms with Gasteiger partial charge in [0, 0.05) is 8.07 Å². The summed E-state index contributed by atoms with van der Waals surface area (Å²) in [5.74, 6) is 0. The van der Waals surface area contributed by atoms with Crippen LogP contribution in [0.2, 0.25) is 19.6 Å². The molecule has 0 bridgehead atoms. The summed E-state index contributed by atoms with van der Waals surface area (Å²) >= 11 is 0. The Balaban J connectivity index is -0.000000270. The molecule has 0 unspecified atom stereocenters. The summed E-state index contributed by atoms with van der Waals surface area (Å²) in [6, 6.07) is 8.69. The van der Waals surface area contributed by atoms with Crippen molar-refractivity contribution in [3.05, 3.63) is 24.3 Å². The first-order valence-corrected chi connectivity index (χ1v) is 6.83. The number of rotatable bonds is 1. The SMILES string of the molecule is C[Si](C)(C)[c-]1cccc1.[Cl-].[Cl-].[Ti+3]. The van der Waals surface area contributed by atoms with Gasteiger partial charge in [-0.05, 0) is 0 Å². The van der Waals surface area contributed by atoms with Gasteiger partial charge in [0.15, 0.2) is 0 Å². The molecule has 0 saturated heterocycles. The number of hydrogen-bond acceptors (Lipinski definition) is 0. The zero-order valence-corrected chi connectivity index (χ0v) is 11.6. The third kappa shape index (κ3) is 5.50. The van der Waals surface area contributed by atoms with Gasteiger partial charge < -0.3 is 24.8 Å². The van der Waals surface area contributed by atoms with Gasteiger partial charge in [-0.2, -0.15) is 17.3 Å². The second-order valence-electron chi connectivity index (χ2n) is 3.42. The summed E-state index contributed by atoms with van der Waals surface area (Å²) in [5, 5.41) is 1.56. The van der Waals surface area contributed by atoms with Gasteiger partial charge in [0.25, 0.3) is 0 Å². The summed E-state index contributed by atoms with van der Waals surface area (Å²) < 4.78 is 0. The first-order valence-electron chi connectivity index (χ1n) is 3.33. The van der Waals surface area contributed by atoms with Crippen LogP contribution in [-0.4, -0.2) is 8.07 Å². The fourth-order valence-corrected chi connectivity index (χ4v) is 2.07. The van der Waals surface area contributed by atoms with Gasteiger partial charge in [-0.15, -0.1) is 0 Å². The van der Waals surface area contributed by atoms with Crippen molar-refractivity contribution in [2.24, 2.45) is 0 Å². The maximum atomic E-state index is 2.36. The van der Waals surface area contributed by atoms with Crippen molar-refractivity contribution in [2.75, 3.05) is 0 Å². The van der Waals surface area contributed by atoms with Gasteiger partial charge >= 0.3 is 21.7 Å². The minimum atomic E-state index is -0.981. The molecule has 0 heterocycles. The van der Waals surface area contributed by atoms with Gasteiger partial charge in [0.1, 0.15) is 0 Å². The molecule has 0 spiro atoms. The Bertz CT molecular complexity index is 179. The van der Waals surface area contributed by atoms with Gasteiger partial charge in [-0.3, -0.25) is 0 Å². The molecule has 0 aliphatic heterocycles. The van der Waals surface area contributed by atoms with Gasteiger partial charge in [0.2, 0.25) is 0 Å². The molecule has 0 aliphatic carbocycles. The average molecular weight is 256 g/mol. The molecule has 0 amide bonds. The zero-order valence-electron chi connectivity index (χ0n) is 7.57. The minimum Gasteiger partial charge on any atom is -1.00 e. The fourth-order valence-electron chi connectivity index (χ4n) is 0.874. The largest absolute Gasteiger partial charge is 3.00 e. The van der Waals surface area contributed by atoms with Gasteiger partial charge in [-0.1, -0.05) is 19.6 Å². The second kappa shape index (κ2) is 7.28. The molecule has 0 fully saturated rings. The van der Waals surface area contributed by atoms with E-state index in [4.69, 9.17) is 0 Å². The van der Waals surface area contributed by atoms with E-state index in [0.717, 1.165) is 0 Å². The average Bonchev–Trinajstić information content (AvgIpc) is 2.08. The zero-order chi connectivity index (χ0) is 6.91. The summed E-state index contributed by atoms with van der Waals surface area (Å²) in [7, 11) is -0.981. The maximum absolute atomic E-state index is 2.36. The van der Waals surface area contributed by atoms with Crippen molar-refractivity contribution < 1.29 is 46.5 Å². The first kappa shape index (κ1) is 18.6. The summed E-state index contributed by atoms with van der Waals surface area (Å²) in [6.07, 6.45) is 0. The van der Waals surface area contributed by atoms with Crippen LogP contribution in [0.25, 0.3) is 0 Å². The molecule has 0 nitrogen and oxygen atoms in total. The van der Waals surface area contributed by atoms with Crippen molar-refractivity contribution in [3.8, 4) is 0 Å². The third-order valence-corrected chi connectivity index (χ3v) is 3.59. The Morgan fingerprint density at radius 2 is 1.25 bits per heavy atom. The van der Waals surface area contributed by atoms with E-state index in [9.17, 15) is 0 Å². The molecule has 1 aromatic rings. The van der Waals surface area contributed by atoms with Crippen LogP contribution in [0.1, 0.15) is 0 Å². The van der Waals surface area contributed by atoms with Crippen molar-refractivity contribution in [2.45, 2.75) is 19.6 Å². The molecule has 0 N–H and O–H groups in total. The van der Waals surface area contributed by atoms with Crippen LogP contribution in [0.5, 0.6) is 0 Å². The predicted octanol–water partition coefficient (Wildman–Crippen LogP) is -4.04. The normalized spacial score (nSPS) is 8.92. The molecule has 0 saturated carbocycles. The Hall–Kier alpha value is 0.861. The fraction of sp³-hybridized carbons (Fsp3) is 0.375. The first-order chi connectivity index (χ1) is 4.11.